The van der Waals surface area contributed by atoms with Crippen LogP contribution in [0, 0.1) is 30.6 Å². The SMILES string of the molecule is Cc1cccc(C[C@@H](C)/C=C/C2C3CC(CCCCC(=O)O)=CC3C[C@H]2O)c1. The van der Waals surface area contributed by atoms with Gasteiger partial charge in [-0.2, -0.15) is 0 Å². The Morgan fingerprint density at radius 2 is 2.14 bits per heavy atom. The first-order chi connectivity index (χ1) is 13.4. The smallest absolute Gasteiger partial charge is 0.303 e. The molecule has 0 radical (unpaired) electrons. The van der Waals surface area contributed by atoms with E-state index in [1.165, 1.54) is 16.7 Å². The molecule has 28 heavy (non-hydrogen) atoms. The van der Waals surface area contributed by atoms with Crippen LogP contribution in [-0.4, -0.2) is 22.3 Å². The molecule has 2 aliphatic carbocycles. The largest absolute Gasteiger partial charge is 0.481 e. The highest BCUT2D eigenvalue weighted by Gasteiger charge is 2.43. The number of carboxylic acid groups (broad SMARTS) is 1. The lowest BCUT2D eigenvalue weighted by atomic mass is 9.87. The van der Waals surface area contributed by atoms with Crippen LogP contribution in [-0.2, 0) is 11.2 Å². The number of fused-ring (bicyclic) bond motifs is 1. The van der Waals surface area contributed by atoms with Crippen LogP contribution in [0.3, 0.4) is 0 Å². The number of benzene rings is 1. The van der Waals surface area contributed by atoms with E-state index in [-0.39, 0.29) is 18.4 Å². The van der Waals surface area contributed by atoms with E-state index in [1.807, 2.05) is 0 Å². The van der Waals surface area contributed by atoms with Crippen LogP contribution in [0.4, 0.5) is 0 Å². The van der Waals surface area contributed by atoms with E-state index in [0.29, 0.717) is 17.8 Å². The predicted molar refractivity (Wildman–Crippen MR) is 113 cm³/mol. The molecule has 0 heterocycles. The number of carboxylic acids is 1. The zero-order valence-corrected chi connectivity index (χ0v) is 17.2. The van der Waals surface area contributed by atoms with Gasteiger partial charge in [-0.15, -0.1) is 0 Å². The fraction of sp³-hybridized carbons (Fsp3) is 0.560. The molecule has 0 bridgehead atoms. The van der Waals surface area contributed by atoms with Crippen LogP contribution in [0.1, 0.15) is 56.6 Å². The molecule has 0 spiro atoms. The van der Waals surface area contributed by atoms with Gasteiger partial charge in [-0.25, -0.2) is 0 Å². The van der Waals surface area contributed by atoms with Crippen LogP contribution in [0.2, 0.25) is 0 Å². The number of carbonyl (C=O) groups is 1. The Hall–Kier alpha value is -1.87. The number of rotatable bonds is 9. The molecule has 152 valence electrons. The molecule has 0 amide bonds. The number of aliphatic hydroxyl groups excluding tert-OH is 1. The standard InChI is InChI=1S/C25H34O3/c1-17-6-5-8-19(12-17)13-18(2)10-11-22-23-15-20(7-3-4-9-25(27)28)14-21(23)16-24(22)26/h5-6,8,10-12,14,18,21-24,26H,3-4,7,9,13,15-16H2,1-2H3,(H,27,28)/b11-10+/t18-,21?,22?,23?,24+/m0/s1. The number of hydrogen-bond donors (Lipinski definition) is 2. The van der Waals surface area contributed by atoms with Crippen LogP contribution in [0.25, 0.3) is 0 Å². The maximum absolute atomic E-state index is 10.6. The van der Waals surface area contributed by atoms with E-state index in [1.54, 1.807) is 0 Å². The molecule has 1 fully saturated rings. The van der Waals surface area contributed by atoms with Crippen molar-refractivity contribution in [2.45, 2.75) is 64.9 Å². The summed E-state index contributed by atoms with van der Waals surface area (Å²) in [6.45, 7) is 4.38. The van der Waals surface area contributed by atoms with Gasteiger partial charge in [-0.3, -0.25) is 4.79 Å². The molecule has 1 aromatic carbocycles. The molecule has 3 rings (SSSR count). The van der Waals surface area contributed by atoms with Gasteiger partial charge in [0.1, 0.15) is 0 Å². The van der Waals surface area contributed by atoms with Crippen molar-refractivity contribution in [3.05, 3.63) is 59.2 Å². The van der Waals surface area contributed by atoms with E-state index in [2.05, 4.69) is 56.3 Å². The van der Waals surface area contributed by atoms with Gasteiger partial charge >= 0.3 is 5.97 Å². The van der Waals surface area contributed by atoms with E-state index in [0.717, 1.165) is 38.5 Å². The Balaban J connectivity index is 1.51. The van der Waals surface area contributed by atoms with E-state index in [4.69, 9.17) is 5.11 Å². The molecule has 3 unspecified atom stereocenters. The minimum absolute atomic E-state index is 0.234. The molecule has 1 saturated carbocycles. The molecule has 3 heteroatoms. The molecule has 1 aromatic rings. The van der Waals surface area contributed by atoms with Crippen LogP contribution in [0.5, 0.6) is 0 Å². The van der Waals surface area contributed by atoms with Gasteiger partial charge in [-0.1, -0.05) is 60.6 Å². The first kappa shape index (κ1) is 20.9. The van der Waals surface area contributed by atoms with Gasteiger partial charge in [-0.05, 0) is 68.8 Å². The lowest BCUT2D eigenvalue weighted by Gasteiger charge is -2.19. The second kappa shape index (κ2) is 9.56. The highest BCUT2D eigenvalue weighted by Crippen LogP contribution is 2.48. The maximum Gasteiger partial charge on any atom is 0.303 e. The lowest BCUT2D eigenvalue weighted by Crippen LogP contribution is -2.17. The molecular formula is C25H34O3. The quantitative estimate of drug-likeness (QED) is 0.449. The molecule has 3 nitrogen and oxygen atoms in total. The Morgan fingerprint density at radius 1 is 1.32 bits per heavy atom. The van der Waals surface area contributed by atoms with Crippen molar-refractivity contribution in [2.24, 2.45) is 23.7 Å². The van der Waals surface area contributed by atoms with Crippen LogP contribution < -0.4 is 0 Å². The highest BCUT2D eigenvalue weighted by molar-refractivity contribution is 5.66. The van der Waals surface area contributed by atoms with Gasteiger partial charge in [0, 0.05) is 12.3 Å². The number of unbranched alkanes of at least 4 members (excludes halogenated alkanes) is 1. The third-order valence-electron chi connectivity index (χ3n) is 6.39. The molecule has 0 aromatic heterocycles. The second-order valence-electron chi connectivity index (χ2n) is 8.89. The van der Waals surface area contributed by atoms with Crippen LogP contribution in [0.15, 0.2) is 48.1 Å². The summed E-state index contributed by atoms with van der Waals surface area (Å²) in [5.74, 6) is 1.01. The minimum atomic E-state index is -0.703. The Bertz CT molecular complexity index is 733. The van der Waals surface area contributed by atoms with Crippen molar-refractivity contribution in [2.75, 3.05) is 0 Å². The molecule has 2 aliphatic rings. The van der Waals surface area contributed by atoms with Crippen molar-refractivity contribution >= 4 is 5.97 Å². The average Bonchev–Trinajstić information content (AvgIpc) is 3.13. The van der Waals surface area contributed by atoms with Crippen molar-refractivity contribution < 1.29 is 15.0 Å². The number of aliphatic carboxylic acids is 1. The number of aryl methyl sites for hydroxylation is 1. The fourth-order valence-corrected chi connectivity index (χ4v) is 5.02. The monoisotopic (exact) mass is 382 g/mol. The summed E-state index contributed by atoms with van der Waals surface area (Å²) in [5, 5.41) is 19.3. The molecule has 5 atom stereocenters. The first-order valence-electron chi connectivity index (χ1n) is 10.8. The van der Waals surface area contributed by atoms with Gasteiger partial charge < -0.3 is 10.2 Å². The zero-order valence-electron chi connectivity index (χ0n) is 17.2. The van der Waals surface area contributed by atoms with Crippen molar-refractivity contribution in [3.8, 4) is 0 Å². The van der Waals surface area contributed by atoms with Crippen molar-refractivity contribution in [3.63, 3.8) is 0 Å². The second-order valence-corrected chi connectivity index (χ2v) is 8.89. The lowest BCUT2D eigenvalue weighted by molar-refractivity contribution is -0.137. The topological polar surface area (TPSA) is 57.5 Å². The van der Waals surface area contributed by atoms with Gasteiger partial charge in [0.25, 0.3) is 0 Å². The summed E-state index contributed by atoms with van der Waals surface area (Å²) < 4.78 is 0. The molecule has 0 aliphatic heterocycles. The van der Waals surface area contributed by atoms with E-state index >= 15 is 0 Å². The summed E-state index contributed by atoms with van der Waals surface area (Å²) in [5.41, 5.74) is 4.14. The van der Waals surface area contributed by atoms with E-state index < -0.39 is 5.97 Å². The first-order valence-corrected chi connectivity index (χ1v) is 10.8. The summed E-state index contributed by atoms with van der Waals surface area (Å²) >= 11 is 0. The molecule has 2 N–H and O–H groups in total. The predicted octanol–water partition coefficient (Wildman–Crippen LogP) is 5.32. The Kier molecular flexibility index (Phi) is 7.12. The third kappa shape index (κ3) is 5.57. The number of aliphatic hydroxyl groups is 1. The Labute approximate surface area is 169 Å². The van der Waals surface area contributed by atoms with Gasteiger partial charge in [0.2, 0.25) is 0 Å². The van der Waals surface area contributed by atoms with Crippen molar-refractivity contribution in [1.29, 1.82) is 0 Å². The molecule has 0 saturated heterocycles. The molecular weight excluding hydrogens is 348 g/mol. The van der Waals surface area contributed by atoms with E-state index in [9.17, 15) is 9.90 Å². The highest BCUT2D eigenvalue weighted by atomic mass is 16.4. The summed E-state index contributed by atoms with van der Waals surface area (Å²) in [7, 11) is 0. The van der Waals surface area contributed by atoms with Gasteiger partial charge in [0.15, 0.2) is 0 Å². The van der Waals surface area contributed by atoms with Crippen molar-refractivity contribution in [1.82, 2.24) is 0 Å². The normalized spacial score (nSPS) is 27.8. The maximum atomic E-state index is 10.6. The minimum Gasteiger partial charge on any atom is -0.481 e. The van der Waals surface area contributed by atoms with Crippen LogP contribution >= 0.6 is 0 Å². The zero-order chi connectivity index (χ0) is 20.1. The van der Waals surface area contributed by atoms with Gasteiger partial charge in [0.05, 0.1) is 6.10 Å². The number of allylic oxidation sites excluding steroid dienone is 3. The number of hydrogen-bond acceptors (Lipinski definition) is 2. The Morgan fingerprint density at radius 3 is 2.89 bits per heavy atom. The fourth-order valence-electron chi connectivity index (χ4n) is 5.02. The third-order valence-corrected chi connectivity index (χ3v) is 6.39. The average molecular weight is 383 g/mol. The summed E-state index contributed by atoms with van der Waals surface area (Å²) in [6, 6.07) is 8.69. The summed E-state index contributed by atoms with van der Waals surface area (Å²) in [6.07, 6.45) is 12.7. The summed E-state index contributed by atoms with van der Waals surface area (Å²) in [4.78, 5) is 10.6.